The zero-order valence-electron chi connectivity index (χ0n) is 10.4. The van der Waals surface area contributed by atoms with Gasteiger partial charge in [0.15, 0.2) is 0 Å². The highest BCUT2D eigenvalue weighted by Gasteiger charge is 2.08. The number of benzene rings is 1. The third-order valence-electron chi connectivity index (χ3n) is 2.16. The molecule has 1 rings (SSSR count). The molecule has 0 spiro atoms. The molecule has 0 unspecified atom stereocenters. The molecule has 1 aromatic carbocycles. The smallest absolute Gasteiger partial charge is 0.251 e. The van der Waals surface area contributed by atoms with Gasteiger partial charge in [0.25, 0.3) is 5.91 Å². The van der Waals surface area contributed by atoms with E-state index in [2.05, 4.69) is 10.6 Å². The second-order valence-corrected chi connectivity index (χ2v) is 3.87. The molecule has 0 bridgehead atoms. The number of hydrogen-bond acceptors (Lipinski definition) is 3. The van der Waals surface area contributed by atoms with Crippen LogP contribution in [0.25, 0.3) is 0 Å². The first-order chi connectivity index (χ1) is 8.52. The van der Waals surface area contributed by atoms with Crippen molar-refractivity contribution in [1.82, 2.24) is 5.32 Å². The number of hydrogen-bond donors (Lipinski definition) is 2. The van der Waals surface area contributed by atoms with Gasteiger partial charge in [-0.3, -0.25) is 14.4 Å². The predicted molar refractivity (Wildman–Crippen MR) is 68.4 cm³/mol. The Hall–Kier alpha value is -2.17. The van der Waals surface area contributed by atoms with Crippen molar-refractivity contribution in [3.8, 4) is 0 Å². The normalized spacial score (nSPS) is 9.67. The third kappa shape index (κ3) is 4.37. The van der Waals surface area contributed by atoms with Crippen molar-refractivity contribution >= 4 is 23.3 Å². The highest BCUT2D eigenvalue weighted by atomic mass is 16.2. The number of rotatable bonds is 5. The van der Waals surface area contributed by atoms with E-state index in [0.717, 1.165) is 0 Å². The fourth-order valence-corrected chi connectivity index (χ4v) is 1.43. The van der Waals surface area contributed by atoms with E-state index in [1.807, 2.05) is 6.92 Å². The average molecular weight is 248 g/mol. The Morgan fingerprint density at radius 2 is 1.94 bits per heavy atom. The van der Waals surface area contributed by atoms with Crippen LogP contribution in [0.2, 0.25) is 0 Å². The summed E-state index contributed by atoms with van der Waals surface area (Å²) >= 11 is 0. The van der Waals surface area contributed by atoms with Crippen LogP contribution < -0.4 is 10.6 Å². The molecule has 0 saturated heterocycles. The monoisotopic (exact) mass is 248 g/mol. The van der Waals surface area contributed by atoms with Crippen molar-refractivity contribution in [3.63, 3.8) is 0 Å². The van der Waals surface area contributed by atoms with Crippen molar-refractivity contribution in [3.05, 3.63) is 29.8 Å². The van der Waals surface area contributed by atoms with Gasteiger partial charge in [-0.2, -0.15) is 0 Å². The summed E-state index contributed by atoms with van der Waals surface area (Å²) in [6.45, 7) is 3.72. The minimum absolute atomic E-state index is 0.161. The van der Waals surface area contributed by atoms with Crippen LogP contribution in [0.1, 0.15) is 30.6 Å². The van der Waals surface area contributed by atoms with Crippen molar-refractivity contribution in [2.75, 3.05) is 11.9 Å². The number of Topliss-reactive ketones (excluding diaryl/α,β-unsaturated/α-hetero) is 1. The molecule has 0 heterocycles. The Morgan fingerprint density at radius 1 is 1.22 bits per heavy atom. The number of amides is 2. The molecule has 0 aliphatic heterocycles. The number of ketones is 1. The van der Waals surface area contributed by atoms with Crippen LogP contribution in [0.5, 0.6) is 0 Å². The Morgan fingerprint density at radius 3 is 2.56 bits per heavy atom. The van der Waals surface area contributed by atoms with Gasteiger partial charge in [0, 0.05) is 17.8 Å². The van der Waals surface area contributed by atoms with Gasteiger partial charge in [0.1, 0.15) is 5.78 Å². The molecule has 0 atom stereocenters. The summed E-state index contributed by atoms with van der Waals surface area (Å²) in [6, 6.07) is 6.57. The molecule has 0 saturated carbocycles. The highest BCUT2D eigenvalue weighted by Crippen LogP contribution is 2.11. The zero-order valence-corrected chi connectivity index (χ0v) is 10.4. The molecular formula is C13H16N2O3. The molecule has 0 fully saturated rings. The topological polar surface area (TPSA) is 75.3 Å². The van der Waals surface area contributed by atoms with Gasteiger partial charge >= 0.3 is 0 Å². The second kappa shape index (κ2) is 6.54. The van der Waals surface area contributed by atoms with E-state index in [9.17, 15) is 14.4 Å². The molecule has 0 radical (unpaired) electrons. The van der Waals surface area contributed by atoms with E-state index in [1.165, 1.54) is 6.92 Å². The third-order valence-corrected chi connectivity index (χ3v) is 2.16. The van der Waals surface area contributed by atoms with Crippen molar-refractivity contribution in [1.29, 1.82) is 0 Å². The summed E-state index contributed by atoms with van der Waals surface area (Å²) in [5.41, 5.74) is 0.975. The molecular weight excluding hydrogens is 232 g/mol. The Kier molecular flexibility index (Phi) is 5.05. The molecule has 1 aromatic rings. The average Bonchev–Trinajstić information content (AvgIpc) is 2.28. The van der Waals surface area contributed by atoms with Crippen LogP contribution in [0.4, 0.5) is 5.69 Å². The van der Waals surface area contributed by atoms with Gasteiger partial charge in [-0.1, -0.05) is 6.07 Å². The summed E-state index contributed by atoms with van der Waals surface area (Å²) < 4.78 is 0. The molecule has 2 amide bonds. The van der Waals surface area contributed by atoms with Crippen LogP contribution in [-0.4, -0.2) is 24.1 Å². The van der Waals surface area contributed by atoms with Crippen LogP contribution >= 0.6 is 0 Å². The quantitative estimate of drug-likeness (QED) is 0.772. The lowest BCUT2D eigenvalue weighted by Gasteiger charge is -2.06. The van der Waals surface area contributed by atoms with Crippen molar-refractivity contribution in [2.24, 2.45) is 0 Å². The van der Waals surface area contributed by atoms with E-state index in [4.69, 9.17) is 0 Å². The second-order valence-electron chi connectivity index (χ2n) is 3.87. The van der Waals surface area contributed by atoms with Gasteiger partial charge in [-0.25, -0.2) is 0 Å². The Labute approximate surface area is 106 Å². The first kappa shape index (κ1) is 13.9. The molecule has 5 nitrogen and oxygen atoms in total. The van der Waals surface area contributed by atoms with E-state index >= 15 is 0 Å². The van der Waals surface area contributed by atoms with Gasteiger partial charge in [0.2, 0.25) is 5.91 Å². The van der Waals surface area contributed by atoms with Gasteiger partial charge in [-0.15, -0.1) is 0 Å². The Balaban J connectivity index is 2.73. The fourth-order valence-electron chi connectivity index (χ4n) is 1.43. The number of carbonyl (C=O) groups excluding carboxylic acids is 3. The van der Waals surface area contributed by atoms with Gasteiger partial charge in [0.05, 0.1) is 6.42 Å². The molecule has 5 heteroatoms. The lowest BCUT2D eigenvalue weighted by atomic mass is 10.2. The standard InChI is InChI=1S/C13H16N2O3/c1-3-14-13(18)10-5-4-6-11(8-10)15-12(17)7-9(2)16/h4-6,8H,3,7H2,1-2H3,(H,14,18)(H,15,17). The minimum Gasteiger partial charge on any atom is -0.352 e. The maximum Gasteiger partial charge on any atom is 0.251 e. The van der Waals surface area contributed by atoms with Crippen LogP contribution in [-0.2, 0) is 9.59 Å². The highest BCUT2D eigenvalue weighted by molar-refractivity contribution is 6.04. The molecule has 0 aliphatic carbocycles. The maximum atomic E-state index is 11.6. The lowest BCUT2D eigenvalue weighted by molar-refractivity contribution is -0.124. The van der Waals surface area contributed by atoms with Crippen molar-refractivity contribution in [2.45, 2.75) is 20.3 Å². The number of nitrogens with one attached hydrogen (secondary N) is 2. The van der Waals surface area contributed by atoms with Crippen molar-refractivity contribution < 1.29 is 14.4 Å². The maximum absolute atomic E-state index is 11.6. The molecule has 18 heavy (non-hydrogen) atoms. The van der Waals surface area contributed by atoms with Crippen LogP contribution in [0, 0.1) is 0 Å². The first-order valence-corrected chi connectivity index (χ1v) is 5.70. The minimum atomic E-state index is -0.379. The summed E-state index contributed by atoms with van der Waals surface area (Å²) in [4.78, 5) is 33.8. The summed E-state index contributed by atoms with van der Waals surface area (Å²) in [5.74, 6) is -0.775. The van der Waals surface area contributed by atoms with E-state index in [-0.39, 0.29) is 24.0 Å². The largest absolute Gasteiger partial charge is 0.352 e. The summed E-state index contributed by atoms with van der Waals surface area (Å²) in [7, 11) is 0. The zero-order chi connectivity index (χ0) is 13.5. The van der Waals surface area contributed by atoms with Crippen LogP contribution in [0.15, 0.2) is 24.3 Å². The van der Waals surface area contributed by atoms with Gasteiger partial charge < -0.3 is 10.6 Å². The first-order valence-electron chi connectivity index (χ1n) is 5.70. The molecule has 0 aromatic heterocycles. The fraction of sp³-hybridized carbons (Fsp3) is 0.308. The van der Waals surface area contributed by atoms with Gasteiger partial charge in [-0.05, 0) is 32.0 Å². The van der Waals surface area contributed by atoms with E-state index < -0.39 is 0 Å². The summed E-state index contributed by atoms with van der Waals surface area (Å²) in [6.07, 6.45) is -0.161. The van der Waals surface area contributed by atoms with E-state index in [1.54, 1.807) is 24.3 Å². The SMILES string of the molecule is CCNC(=O)c1cccc(NC(=O)CC(C)=O)c1. The Bertz CT molecular complexity index is 469. The number of carbonyl (C=O) groups is 3. The molecule has 96 valence electrons. The van der Waals surface area contributed by atoms with Crippen LogP contribution in [0.3, 0.4) is 0 Å². The molecule has 0 aliphatic rings. The lowest BCUT2D eigenvalue weighted by Crippen LogP contribution is -2.23. The van der Waals surface area contributed by atoms with E-state index in [0.29, 0.717) is 17.8 Å². The number of anilines is 1. The summed E-state index contributed by atoms with van der Waals surface area (Å²) in [5, 5.41) is 5.24. The predicted octanol–water partition coefficient (Wildman–Crippen LogP) is 1.35. The molecule has 2 N–H and O–H groups in total.